The van der Waals surface area contributed by atoms with Gasteiger partial charge < -0.3 is 24.2 Å². The summed E-state index contributed by atoms with van der Waals surface area (Å²) in [5.74, 6) is 1.24. The maximum Gasteiger partial charge on any atom is 0.271 e. The smallest absolute Gasteiger partial charge is 0.271 e. The molecule has 3 fully saturated rings. The van der Waals surface area contributed by atoms with Crippen LogP contribution < -0.4 is 9.64 Å². The highest BCUT2D eigenvalue weighted by atomic mass is 32.1. The molecule has 4 rings (SSSR count). The number of aromatic nitrogens is 2. The molecule has 0 spiro atoms. The van der Waals surface area contributed by atoms with Crippen LogP contribution in [0.15, 0.2) is 0 Å². The third-order valence-corrected chi connectivity index (χ3v) is 6.78. The maximum atomic E-state index is 12.6. The van der Waals surface area contributed by atoms with Crippen LogP contribution in [0.2, 0.25) is 0 Å². The van der Waals surface area contributed by atoms with Gasteiger partial charge in [0.15, 0.2) is 6.61 Å². The number of hydrogen-bond acceptors (Lipinski definition) is 9. The minimum absolute atomic E-state index is 0.0304. The fourth-order valence-electron chi connectivity index (χ4n) is 4.38. The number of amides is 1. The van der Waals surface area contributed by atoms with E-state index in [0.717, 1.165) is 89.3 Å². The number of nitrogens with zero attached hydrogens (tertiary/aromatic N) is 6. The average Bonchev–Trinajstić information content (AvgIpc) is 3.27. The van der Waals surface area contributed by atoms with Crippen LogP contribution in [0.25, 0.3) is 0 Å². The SMILES string of the molecule is CCN1CCN(C2CCN(C(=O)COc3nsnc3N3CCOCC3)CC2)CC1. The number of carbonyl (C=O) groups is 1. The maximum absolute atomic E-state index is 12.6. The van der Waals surface area contributed by atoms with E-state index >= 15 is 0 Å². The van der Waals surface area contributed by atoms with Gasteiger partial charge in [0.25, 0.3) is 11.8 Å². The van der Waals surface area contributed by atoms with Crippen molar-refractivity contribution in [1.29, 1.82) is 0 Å². The number of rotatable bonds is 6. The summed E-state index contributed by atoms with van der Waals surface area (Å²) in [5.41, 5.74) is 0. The molecule has 3 saturated heterocycles. The fraction of sp³-hybridized carbons (Fsp3) is 0.842. The lowest BCUT2D eigenvalue weighted by atomic mass is 10.0. The molecule has 162 valence electrons. The molecular formula is C19H32N6O3S. The van der Waals surface area contributed by atoms with E-state index in [4.69, 9.17) is 9.47 Å². The average molecular weight is 425 g/mol. The van der Waals surface area contributed by atoms with Crippen LogP contribution >= 0.6 is 11.7 Å². The lowest BCUT2D eigenvalue weighted by molar-refractivity contribution is -0.135. The number of carbonyl (C=O) groups excluding carboxylic acids is 1. The predicted octanol–water partition coefficient (Wildman–Crippen LogP) is 0.382. The van der Waals surface area contributed by atoms with Crippen LogP contribution in [0.1, 0.15) is 19.8 Å². The molecule has 0 bridgehead atoms. The monoisotopic (exact) mass is 424 g/mol. The zero-order valence-electron chi connectivity index (χ0n) is 17.3. The first-order valence-electron chi connectivity index (χ1n) is 10.8. The predicted molar refractivity (Wildman–Crippen MR) is 112 cm³/mol. The van der Waals surface area contributed by atoms with E-state index in [1.165, 1.54) is 0 Å². The molecule has 0 aromatic carbocycles. The summed E-state index contributed by atoms with van der Waals surface area (Å²) in [5, 5.41) is 0. The van der Waals surface area contributed by atoms with E-state index in [1.54, 1.807) is 0 Å². The second kappa shape index (κ2) is 10.0. The number of ether oxygens (including phenoxy) is 2. The Kier molecular flexibility index (Phi) is 7.17. The van der Waals surface area contributed by atoms with Gasteiger partial charge in [-0.05, 0) is 19.4 Å². The molecule has 3 aliphatic heterocycles. The lowest BCUT2D eigenvalue weighted by Gasteiger charge is -2.42. The fourth-order valence-corrected chi connectivity index (χ4v) is 4.90. The van der Waals surface area contributed by atoms with Crippen molar-refractivity contribution >= 4 is 23.5 Å². The molecule has 10 heteroatoms. The quantitative estimate of drug-likeness (QED) is 0.649. The number of hydrogen-bond donors (Lipinski definition) is 0. The number of likely N-dealkylation sites (tertiary alicyclic amines) is 1. The molecule has 9 nitrogen and oxygen atoms in total. The van der Waals surface area contributed by atoms with Crippen molar-refractivity contribution in [2.75, 3.05) is 83.6 Å². The number of anilines is 1. The van der Waals surface area contributed by atoms with Crippen LogP contribution in [0, 0.1) is 0 Å². The van der Waals surface area contributed by atoms with Gasteiger partial charge in [0.2, 0.25) is 5.82 Å². The first-order chi connectivity index (χ1) is 14.2. The largest absolute Gasteiger partial charge is 0.464 e. The third kappa shape index (κ3) is 5.17. The van der Waals surface area contributed by atoms with Gasteiger partial charge in [0.1, 0.15) is 0 Å². The molecule has 3 aliphatic rings. The second-order valence-electron chi connectivity index (χ2n) is 7.86. The molecule has 0 unspecified atom stereocenters. The third-order valence-electron chi connectivity index (χ3n) is 6.27. The minimum atomic E-state index is 0.0304. The van der Waals surface area contributed by atoms with Crippen LogP contribution in [-0.2, 0) is 9.53 Å². The Hall–Kier alpha value is -1.49. The van der Waals surface area contributed by atoms with E-state index in [0.29, 0.717) is 25.1 Å². The van der Waals surface area contributed by atoms with Crippen LogP contribution in [0.4, 0.5) is 5.82 Å². The van der Waals surface area contributed by atoms with Crippen molar-refractivity contribution in [3.63, 3.8) is 0 Å². The lowest BCUT2D eigenvalue weighted by Crippen LogP contribution is -2.54. The van der Waals surface area contributed by atoms with E-state index in [2.05, 4.69) is 30.4 Å². The summed E-state index contributed by atoms with van der Waals surface area (Å²) < 4.78 is 19.7. The van der Waals surface area contributed by atoms with Gasteiger partial charge in [-0.3, -0.25) is 9.69 Å². The Bertz CT molecular complexity index is 652. The summed E-state index contributed by atoms with van der Waals surface area (Å²) in [6.07, 6.45) is 2.10. The van der Waals surface area contributed by atoms with Gasteiger partial charge in [-0.25, -0.2) is 0 Å². The Morgan fingerprint density at radius 3 is 2.48 bits per heavy atom. The van der Waals surface area contributed by atoms with Gasteiger partial charge >= 0.3 is 0 Å². The molecule has 0 aliphatic carbocycles. The molecule has 1 amide bonds. The summed E-state index contributed by atoms with van der Waals surface area (Å²) >= 11 is 1.12. The standard InChI is InChI=1S/C19H32N6O3S/c1-2-22-7-9-23(10-8-22)16-3-5-24(6-4-16)17(26)15-28-19-18(20-29-21-19)25-11-13-27-14-12-25/h16H,2-15H2,1H3. The summed E-state index contributed by atoms with van der Waals surface area (Å²) in [6, 6.07) is 0.606. The van der Waals surface area contributed by atoms with E-state index in [-0.39, 0.29) is 12.5 Å². The molecule has 0 atom stereocenters. The van der Waals surface area contributed by atoms with Gasteiger partial charge in [-0.2, -0.15) is 4.37 Å². The Labute approximate surface area is 176 Å². The molecular weight excluding hydrogens is 392 g/mol. The van der Waals surface area contributed by atoms with Gasteiger partial charge in [-0.1, -0.05) is 6.92 Å². The van der Waals surface area contributed by atoms with E-state index in [9.17, 15) is 4.79 Å². The van der Waals surface area contributed by atoms with Crippen LogP contribution in [0.3, 0.4) is 0 Å². The van der Waals surface area contributed by atoms with Crippen molar-refractivity contribution in [2.24, 2.45) is 0 Å². The molecule has 4 heterocycles. The second-order valence-corrected chi connectivity index (χ2v) is 8.39. The van der Waals surface area contributed by atoms with Crippen molar-refractivity contribution in [3.8, 4) is 5.88 Å². The van der Waals surface area contributed by atoms with Crippen LogP contribution in [0.5, 0.6) is 5.88 Å². The zero-order valence-corrected chi connectivity index (χ0v) is 18.1. The van der Waals surface area contributed by atoms with Crippen molar-refractivity contribution in [1.82, 2.24) is 23.4 Å². The molecule has 0 N–H and O–H groups in total. The normalized spacial score (nSPS) is 22.8. The Morgan fingerprint density at radius 2 is 1.79 bits per heavy atom. The van der Waals surface area contributed by atoms with Crippen LogP contribution in [-0.4, -0.2) is 114 Å². The molecule has 1 aromatic rings. The molecule has 0 saturated carbocycles. The number of morpholine rings is 1. The summed E-state index contributed by atoms with van der Waals surface area (Å²) in [7, 11) is 0. The zero-order chi connectivity index (χ0) is 20.1. The summed E-state index contributed by atoms with van der Waals surface area (Å²) in [6.45, 7) is 12.6. The minimum Gasteiger partial charge on any atom is -0.464 e. The highest BCUT2D eigenvalue weighted by Crippen LogP contribution is 2.26. The van der Waals surface area contributed by atoms with Gasteiger partial charge in [-0.15, -0.1) is 4.37 Å². The first kappa shape index (κ1) is 20.8. The number of piperidine rings is 1. The van der Waals surface area contributed by atoms with E-state index < -0.39 is 0 Å². The van der Waals surface area contributed by atoms with Gasteiger partial charge in [0, 0.05) is 58.4 Å². The highest BCUT2D eigenvalue weighted by Gasteiger charge is 2.29. The Morgan fingerprint density at radius 1 is 1.07 bits per heavy atom. The molecule has 29 heavy (non-hydrogen) atoms. The Balaban J connectivity index is 1.21. The molecule has 0 radical (unpaired) electrons. The van der Waals surface area contributed by atoms with E-state index in [1.807, 2.05) is 4.90 Å². The number of piperazine rings is 1. The van der Waals surface area contributed by atoms with Crippen molar-refractivity contribution < 1.29 is 14.3 Å². The first-order valence-corrected chi connectivity index (χ1v) is 11.5. The van der Waals surface area contributed by atoms with Crippen molar-refractivity contribution in [2.45, 2.75) is 25.8 Å². The topological polar surface area (TPSA) is 74.3 Å². The van der Waals surface area contributed by atoms with Crippen molar-refractivity contribution in [3.05, 3.63) is 0 Å². The summed E-state index contributed by atoms with van der Waals surface area (Å²) in [4.78, 5) is 21.8. The number of likely N-dealkylation sites (N-methyl/N-ethyl adjacent to an activating group) is 1. The molecule has 1 aromatic heterocycles. The highest BCUT2D eigenvalue weighted by molar-refractivity contribution is 6.99. The van der Waals surface area contributed by atoms with Gasteiger partial charge in [0.05, 0.1) is 24.9 Å².